The van der Waals surface area contributed by atoms with Crippen LogP contribution in [0.2, 0.25) is 0 Å². The van der Waals surface area contributed by atoms with Crippen LogP contribution < -0.4 is 10.2 Å². The zero-order valence-electron chi connectivity index (χ0n) is 12.7. The molecule has 2 rings (SSSR count). The van der Waals surface area contributed by atoms with Crippen molar-refractivity contribution in [3.8, 4) is 0 Å². The van der Waals surface area contributed by atoms with Gasteiger partial charge in [0, 0.05) is 30.1 Å². The van der Waals surface area contributed by atoms with Gasteiger partial charge in [0.1, 0.15) is 0 Å². The van der Waals surface area contributed by atoms with Crippen LogP contribution in [-0.4, -0.2) is 23.1 Å². The van der Waals surface area contributed by atoms with E-state index in [-0.39, 0.29) is 5.54 Å². The average molecular weight is 281 g/mol. The van der Waals surface area contributed by atoms with Gasteiger partial charge in [0.15, 0.2) is 5.13 Å². The standard InChI is InChI=1S/C15H27N3S/c1-5-13-8-6-7-9-18(13)14-17-12(11-19-14)10-16-15(2,3)4/h11,13,16H,5-10H2,1-4H3. The van der Waals surface area contributed by atoms with E-state index in [2.05, 4.69) is 43.3 Å². The zero-order valence-corrected chi connectivity index (χ0v) is 13.5. The van der Waals surface area contributed by atoms with Crippen LogP contribution in [-0.2, 0) is 6.54 Å². The summed E-state index contributed by atoms with van der Waals surface area (Å²) in [6, 6.07) is 0.698. The third-order valence-corrected chi connectivity index (χ3v) is 4.61. The summed E-state index contributed by atoms with van der Waals surface area (Å²) in [4.78, 5) is 7.34. The van der Waals surface area contributed by atoms with Gasteiger partial charge in [0.2, 0.25) is 0 Å². The Kier molecular flexibility index (Phi) is 4.85. The Morgan fingerprint density at radius 2 is 2.21 bits per heavy atom. The third kappa shape index (κ3) is 4.18. The maximum absolute atomic E-state index is 4.82. The highest BCUT2D eigenvalue weighted by Gasteiger charge is 2.23. The number of nitrogens with one attached hydrogen (secondary N) is 1. The molecule has 0 radical (unpaired) electrons. The summed E-state index contributed by atoms with van der Waals surface area (Å²) >= 11 is 1.80. The van der Waals surface area contributed by atoms with Gasteiger partial charge in [-0.1, -0.05) is 6.92 Å². The van der Waals surface area contributed by atoms with Crippen molar-refractivity contribution in [2.45, 2.75) is 71.5 Å². The van der Waals surface area contributed by atoms with Crippen LogP contribution in [0, 0.1) is 0 Å². The maximum atomic E-state index is 4.82. The molecule has 19 heavy (non-hydrogen) atoms. The number of hydrogen-bond acceptors (Lipinski definition) is 4. The first-order chi connectivity index (χ1) is 8.99. The molecule has 0 aliphatic carbocycles. The van der Waals surface area contributed by atoms with E-state index in [9.17, 15) is 0 Å². The van der Waals surface area contributed by atoms with Gasteiger partial charge in [0.05, 0.1) is 5.69 Å². The second-order valence-corrected chi connectivity index (χ2v) is 7.31. The summed E-state index contributed by atoms with van der Waals surface area (Å²) < 4.78 is 0. The van der Waals surface area contributed by atoms with Gasteiger partial charge in [-0.3, -0.25) is 0 Å². The first-order valence-corrected chi connectivity index (χ1v) is 8.33. The molecule has 1 unspecified atom stereocenters. The SMILES string of the molecule is CCC1CCCCN1c1nc(CNC(C)(C)C)cs1. The van der Waals surface area contributed by atoms with Crippen LogP contribution in [0.15, 0.2) is 5.38 Å². The van der Waals surface area contributed by atoms with Crippen molar-refractivity contribution in [3.05, 3.63) is 11.1 Å². The molecule has 1 aromatic heterocycles. The van der Waals surface area contributed by atoms with Crippen LogP contribution in [0.1, 0.15) is 59.1 Å². The molecule has 0 spiro atoms. The molecular formula is C15H27N3S. The normalized spacial score (nSPS) is 20.8. The lowest BCUT2D eigenvalue weighted by Gasteiger charge is -2.35. The van der Waals surface area contributed by atoms with Gasteiger partial charge in [-0.05, 0) is 46.5 Å². The Morgan fingerprint density at radius 3 is 2.89 bits per heavy atom. The highest BCUT2D eigenvalue weighted by atomic mass is 32.1. The Labute approximate surface area is 121 Å². The van der Waals surface area contributed by atoms with E-state index in [1.54, 1.807) is 11.3 Å². The first kappa shape index (κ1) is 14.8. The summed E-state index contributed by atoms with van der Waals surface area (Å²) in [5.74, 6) is 0. The fraction of sp³-hybridized carbons (Fsp3) is 0.800. The van der Waals surface area contributed by atoms with Crippen molar-refractivity contribution >= 4 is 16.5 Å². The van der Waals surface area contributed by atoms with E-state index < -0.39 is 0 Å². The summed E-state index contributed by atoms with van der Waals surface area (Å²) in [6.07, 6.45) is 5.24. The van der Waals surface area contributed by atoms with Crippen molar-refractivity contribution in [2.24, 2.45) is 0 Å². The van der Waals surface area contributed by atoms with Gasteiger partial charge in [-0.25, -0.2) is 4.98 Å². The van der Waals surface area contributed by atoms with Gasteiger partial charge in [-0.2, -0.15) is 0 Å². The molecule has 0 aromatic carbocycles. The van der Waals surface area contributed by atoms with Gasteiger partial charge in [-0.15, -0.1) is 11.3 Å². The van der Waals surface area contributed by atoms with Crippen LogP contribution in [0.25, 0.3) is 0 Å². The Balaban J connectivity index is 1.99. The monoisotopic (exact) mass is 281 g/mol. The van der Waals surface area contributed by atoms with E-state index in [1.807, 2.05) is 0 Å². The predicted octanol–water partition coefficient (Wildman–Crippen LogP) is 3.80. The van der Waals surface area contributed by atoms with Crippen molar-refractivity contribution in [1.82, 2.24) is 10.3 Å². The number of hydrogen-bond donors (Lipinski definition) is 1. The lowest BCUT2D eigenvalue weighted by Crippen LogP contribution is -2.39. The molecule has 108 valence electrons. The van der Waals surface area contributed by atoms with Crippen LogP contribution in [0.5, 0.6) is 0 Å². The van der Waals surface area contributed by atoms with E-state index in [4.69, 9.17) is 4.98 Å². The minimum absolute atomic E-state index is 0.154. The quantitative estimate of drug-likeness (QED) is 0.910. The number of aromatic nitrogens is 1. The van der Waals surface area contributed by atoms with Gasteiger partial charge < -0.3 is 10.2 Å². The van der Waals surface area contributed by atoms with Crippen LogP contribution in [0.4, 0.5) is 5.13 Å². The second-order valence-electron chi connectivity index (χ2n) is 6.48. The minimum Gasteiger partial charge on any atom is -0.345 e. The molecule has 0 bridgehead atoms. The maximum Gasteiger partial charge on any atom is 0.185 e. The topological polar surface area (TPSA) is 28.2 Å². The van der Waals surface area contributed by atoms with E-state index in [1.165, 1.54) is 43.1 Å². The molecule has 1 N–H and O–H groups in total. The fourth-order valence-corrected chi connectivity index (χ4v) is 3.47. The van der Waals surface area contributed by atoms with Crippen LogP contribution >= 0.6 is 11.3 Å². The lowest BCUT2D eigenvalue weighted by molar-refractivity contribution is 0.421. The fourth-order valence-electron chi connectivity index (χ4n) is 2.54. The molecule has 1 atom stereocenters. The number of rotatable bonds is 4. The minimum atomic E-state index is 0.154. The summed E-state index contributed by atoms with van der Waals surface area (Å²) in [7, 11) is 0. The average Bonchev–Trinajstić information content (AvgIpc) is 2.84. The number of nitrogens with zero attached hydrogens (tertiary/aromatic N) is 2. The zero-order chi connectivity index (χ0) is 13.9. The molecule has 1 aromatic rings. The molecule has 2 heterocycles. The number of thiazole rings is 1. The molecule has 0 saturated carbocycles. The Hall–Kier alpha value is -0.610. The molecule has 1 aliphatic heterocycles. The van der Waals surface area contributed by atoms with Crippen LogP contribution in [0.3, 0.4) is 0 Å². The van der Waals surface area contributed by atoms with Crippen molar-refractivity contribution < 1.29 is 0 Å². The summed E-state index contributed by atoms with van der Waals surface area (Å²) in [5.41, 5.74) is 1.33. The summed E-state index contributed by atoms with van der Waals surface area (Å²) in [5, 5.41) is 6.93. The summed E-state index contributed by atoms with van der Waals surface area (Å²) in [6.45, 7) is 10.9. The molecule has 1 saturated heterocycles. The van der Waals surface area contributed by atoms with E-state index in [0.717, 1.165) is 6.54 Å². The van der Waals surface area contributed by atoms with Crippen molar-refractivity contribution in [1.29, 1.82) is 0 Å². The van der Waals surface area contributed by atoms with Crippen molar-refractivity contribution in [3.63, 3.8) is 0 Å². The first-order valence-electron chi connectivity index (χ1n) is 7.45. The number of piperidine rings is 1. The van der Waals surface area contributed by atoms with Gasteiger partial charge in [0.25, 0.3) is 0 Å². The largest absolute Gasteiger partial charge is 0.345 e. The Bertz CT molecular complexity index is 394. The second kappa shape index (κ2) is 6.23. The molecule has 1 aliphatic rings. The lowest BCUT2D eigenvalue weighted by atomic mass is 10.0. The van der Waals surface area contributed by atoms with Gasteiger partial charge >= 0.3 is 0 Å². The van der Waals surface area contributed by atoms with E-state index >= 15 is 0 Å². The molecule has 3 nitrogen and oxygen atoms in total. The highest BCUT2D eigenvalue weighted by molar-refractivity contribution is 7.13. The van der Waals surface area contributed by atoms with Crippen molar-refractivity contribution in [2.75, 3.05) is 11.4 Å². The molecule has 1 fully saturated rings. The molecule has 0 amide bonds. The number of anilines is 1. The van der Waals surface area contributed by atoms with E-state index in [0.29, 0.717) is 6.04 Å². The predicted molar refractivity (Wildman–Crippen MR) is 84.0 cm³/mol. The molecule has 4 heteroatoms. The molecular weight excluding hydrogens is 254 g/mol. The third-order valence-electron chi connectivity index (χ3n) is 3.68. The highest BCUT2D eigenvalue weighted by Crippen LogP contribution is 2.29. The Morgan fingerprint density at radius 1 is 1.42 bits per heavy atom. The smallest absolute Gasteiger partial charge is 0.185 e.